The molecule has 7 heteroatoms. The molecule has 0 heterocycles. The molecular weight excluding hydrogens is 395 g/mol. The van der Waals surface area contributed by atoms with Crippen molar-refractivity contribution in [3.8, 4) is 11.5 Å². The Morgan fingerprint density at radius 2 is 1.72 bits per heavy atom. The molecule has 132 valence electrons. The first-order valence-electron chi connectivity index (χ1n) is 7.30. The van der Waals surface area contributed by atoms with Crippen molar-refractivity contribution in [2.75, 3.05) is 20.8 Å². The van der Waals surface area contributed by atoms with Crippen LogP contribution >= 0.6 is 15.9 Å². The fourth-order valence-corrected chi connectivity index (χ4v) is 2.61. The van der Waals surface area contributed by atoms with Crippen molar-refractivity contribution >= 4 is 27.7 Å². The zero-order chi connectivity index (χ0) is 18.4. The van der Waals surface area contributed by atoms with Crippen LogP contribution in [0.25, 0.3) is 0 Å². The third-order valence-electron chi connectivity index (χ3n) is 3.43. The quantitative estimate of drug-likeness (QED) is 0.515. The Labute approximate surface area is 152 Å². The Bertz CT molecular complexity index is 791. The van der Waals surface area contributed by atoms with Crippen molar-refractivity contribution in [2.45, 2.75) is 6.42 Å². The van der Waals surface area contributed by atoms with Gasteiger partial charge in [-0.15, -0.1) is 0 Å². The van der Waals surface area contributed by atoms with E-state index in [1.54, 1.807) is 18.2 Å². The summed E-state index contributed by atoms with van der Waals surface area (Å²) >= 11 is 3.35. The fraction of sp³-hybridized carbons (Fsp3) is 0.222. The van der Waals surface area contributed by atoms with Gasteiger partial charge in [-0.2, -0.15) is 0 Å². The molecule has 0 aliphatic heterocycles. The molecule has 2 aromatic carbocycles. The van der Waals surface area contributed by atoms with Crippen LogP contribution in [-0.4, -0.2) is 32.6 Å². The second-order valence-corrected chi connectivity index (χ2v) is 5.89. The van der Waals surface area contributed by atoms with E-state index in [4.69, 9.17) is 14.2 Å². The summed E-state index contributed by atoms with van der Waals surface area (Å²) in [6, 6.07) is 8.85. The Hall–Kier alpha value is -2.41. The lowest BCUT2D eigenvalue weighted by Crippen LogP contribution is -2.16. The number of carbonyl (C=O) groups excluding carboxylic acids is 2. The molecule has 0 fully saturated rings. The number of hydrogen-bond acceptors (Lipinski definition) is 5. The molecular formula is C18H16BrFO5. The van der Waals surface area contributed by atoms with Crippen molar-refractivity contribution in [3.05, 3.63) is 57.8 Å². The number of ketones is 1. The summed E-state index contributed by atoms with van der Waals surface area (Å²) in [7, 11) is 2.99. The minimum absolute atomic E-state index is 0.0779. The number of Topliss-reactive ketones (excluding diaryl/α,β-unsaturated/α-hetero) is 1. The van der Waals surface area contributed by atoms with Crippen molar-refractivity contribution in [3.63, 3.8) is 0 Å². The molecule has 0 aliphatic carbocycles. The van der Waals surface area contributed by atoms with E-state index in [1.165, 1.54) is 32.4 Å². The first-order chi connectivity index (χ1) is 12.0. The van der Waals surface area contributed by atoms with Crippen LogP contribution in [0.2, 0.25) is 0 Å². The summed E-state index contributed by atoms with van der Waals surface area (Å²) in [5.41, 5.74) is 0.503. The minimum Gasteiger partial charge on any atom is -0.493 e. The Morgan fingerprint density at radius 1 is 1.08 bits per heavy atom. The van der Waals surface area contributed by atoms with Gasteiger partial charge in [0, 0.05) is 4.47 Å². The van der Waals surface area contributed by atoms with E-state index < -0.39 is 24.2 Å². The summed E-state index contributed by atoms with van der Waals surface area (Å²) in [5, 5.41) is 0. The molecule has 0 atom stereocenters. The van der Waals surface area contributed by atoms with Crippen LogP contribution in [0.3, 0.4) is 0 Å². The van der Waals surface area contributed by atoms with E-state index in [2.05, 4.69) is 15.9 Å². The zero-order valence-electron chi connectivity index (χ0n) is 13.7. The average Bonchev–Trinajstić information content (AvgIpc) is 2.61. The van der Waals surface area contributed by atoms with Crippen LogP contribution in [0.15, 0.2) is 40.9 Å². The Balaban J connectivity index is 2.01. The van der Waals surface area contributed by atoms with Crippen molar-refractivity contribution in [1.82, 2.24) is 0 Å². The van der Waals surface area contributed by atoms with Crippen LogP contribution in [0.5, 0.6) is 11.5 Å². The maximum absolute atomic E-state index is 13.5. The lowest BCUT2D eigenvalue weighted by Gasteiger charge is -2.11. The smallest absolute Gasteiger partial charge is 0.310 e. The lowest BCUT2D eigenvalue weighted by molar-refractivity contribution is -0.141. The van der Waals surface area contributed by atoms with E-state index in [9.17, 15) is 14.0 Å². The second-order valence-electron chi connectivity index (χ2n) is 5.04. The number of carbonyl (C=O) groups is 2. The lowest BCUT2D eigenvalue weighted by atomic mass is 10.1. The molecule has 0 saturated heterocycles. The van der Waals surface area contributed by atoms with Crippen LogP contribution < -0.4 is 9.47 Å². The highest BCUT2D eigenvalue weighted by Gasteiger charge is 2.16. The van der Waals surface area contributed by atoms with E-state index in [1.807, 2.05) is 0 Å². The highest BCUT2D eigenvalue weighted by molar-refractivity contribution is 9.10. The molecule has 0 spiro atoms. The topological polar surface area (TPSA) is 61.8 Å². The summed E-state index contributed by atoms with van der Waals surface area (Å²) < 4.78 is 29.5. The number of methoxy groups -OCH3 is 2. The highest BCUT2D eigenvalue weighted by Crippen LogP contribution is 2.33. The van der Waals surface area contributed by atoms with Gasteiger partial charge < -0.3 is 14.2 Å². The maximum atomic E-state index is 13.5. The molecule has 5 nitrogen and oxygen atoms in total. The van der Waals surface area contributed by atoms with E-state index in [0.29, 0.717) is 21.5 Å². The molecule has 0 aliphatic rings. The van der Waals surface area contributed by atoms with Crippen LogP contribution in [-0.2, 0) is 16.0 Å². The largest absolute Gasteiger partial charge is 0.493 e. The van der Waals surface area contributed by atoms with Gasteiger partial charge in [0.05, 0.1) is 26.2 Å². The van der Waals surface area contributed by atoms with Crippen LogP contribution in [0.1, 0.15) is 15.9 Å². The molecule has 2 aromatic rings. The SMILES string of the molecule is COc1cc(Br)c(CC(=O)OCC(=O)c2ccccc2F)cc1OC. The summed E-state index contributed by atoms with van der Waals surface area (Å²) in [6.07, 6.45) is -0.0779. The van der Waals surface area contributed by atoms with Crippen LogP contribution in [0.4, 0.5) is 4.39 Å². The molecule has 0 radical (unpaired) electrons. The van der Waals surface area contributed by atoms with Gasteiger partial charge in [-0.25, -0.2) is 4.39 Å². The van der Waals surface area contributed by atoms with Crippen molar-refractivity contribution in [1.29, 1.82) is 0 Å². The van der Waals surface area contributed by atoms with Crippen molar-refractivity contribution < 1.29 is 28.2 Å². The molecule has 2 rings (SSSR count). The first-order valence-corrected chi connectivity index (χ1v) is 8.09. The number of esters is 1. The predicted molar refractivity (Wildman–Crippen MR) is 92.6 cm³/mol. The van der Waals surface area contributed by atoms with Gasteiger partial charge in [0.1, 0.15) is 5.82 Å². The monoisotopic (exact) mass is 410 g/mol. The second kappa shape index (κ2) is 8.62. The van der Waals surface area contributed by atoms with Gasteiger partial charge in [0.2, 0.25) is 5.78 Å². The highest BCUT2D eigenvalue weighted by atomic mass is 79.9. The van der Waals surface area contributed by atoms with E-state index in [-0.39, 0.29) is 12.0 Å². The number of benzene rings is 2. The molecule has 25 heavy (non-hydrogen) atoms. The third-order valence-corrected chi connectivity index (χ3v) is 4.16. The zero-order valence-corrected chi connectivity index (χ0v) is 15.3. The van der Waals surface area contributed by atoms with Gasteiger partial charge in [-0.3, -0.25) is 9.59 Å². The predicted octanol–water partition coefficient (Wildman–Crippen LogP) is 3.57. The van der Waals surface area contributed by atoms with Gasteiger partial charge in [0.25, 0.3) is 0 Å². The standard InChI is InChI=1S/C18H16BrFO5/c1-23-16-7-11(13(19)9-17(16)24-2)8-18(22)25-10-15(21)12-5-3-4-6-14(12)20/h3-7,9H,8,10H2,1-2H3. The molecule has 0 saturated carbocycles. The molecule has 0 aromatic heterocycles. The molecule has 0 amide bonds. The molecule has 0 bridgehead atoms. The van der Waals surface area contributed by atoms with Gasteiger partial charge >= 0.3 is 5.97 Å². The number of rotatable bonds is 7. The average molecular weight is 411 g/mol. The number of hydrogen-bond donors (Lipinski definition) is 0. The first kappa shape index (κ1) is 18.9. The Kier molecular flexibility index (Phi) is 6.52. The van der Waals surface area contributed by atoms with Gasteiger partial charge in [-0.05, 0) is 29.8 Å². The van der Waals surface area contributed by atoms with E-state index >= 15 is 0 Å². The maximum Gasteiger partial charge on any atom is 0.310 e. The van der Waals surface area contributed by atoms with Gasteiger partial charge in [-0.1, -0.05) is 28.1 Å². The number of halogens is 2. The van der Waals surface area contributed by atoms with Crippen LogP contribution in [0, 0.1) is 5.82 Å². The Morgan fingerprint density at radius 3 is 2.36 bits per heavy atom. The molecule has 0 N–H and O–H groups in total. The minimum atomic E-state index is -0.647. The molecule has 0 unspecified atom stereocenters. The normalized spacial score (nSPS) is 10.2. The summed E-state index contributed by atoms with van der Waals surface area (Å²) in [4.78, 5) is 23.9. The fourth-order valence-electron chi connectivity index (χ4n) is 2.15. The van der Waals surface area contributed by atoms with Gasteiger partial charge in [0.15, 0.2) is 18.1 Å². The third kappa shape index (κ3) is 4.79. The number of ether oxygens (including phenoxy) is 3. The van der Waals surface area contributed by atoms with Crippen molar-refractivity contribution in [2.24, 2.45) is 0 Å². The summed E-state index contributed by atoms with van der Waals surface area (Å²) in [6.45, 7) is -0.523. The van der Waals surface area contributed by atoms with E-state index in [0.717, 1.165) is 0 Å². The summed E-state index contributed by atoms with van der Waals surface area (Å²) in [5.74, 6) is -0.876.